The Hall–Kier alpha value is -1.85. The van der Waals surface area contributed by atoms with Gasteiger partial charge < -0.3 is 10.8 Å². The number of nitrogens with two attached hydrogens (primary N) is 1. The Morgan fingerprint density at radius 3 is 2.52 bits per heavy atom. The summed E-state index contributed by atoms with van der Waals surface area (Å²) in [7, 11) is -4.58. The average molecular weight is 325 g/mol. The molecule has 0 aliphatic carbocycles. The third-order valence-electron chi connectivity index (χ3n) is 2.52. The number of aliphatic hydroxyl groups excluding tert-OH is 1. The maximum Gasteiger partial charge on any atom is 0.312 e. The highest BCUT2D eigenvalue weighted by atomic mass is 32.2. The number of halogens is 2. The monoisotopic (exact) mass is 325 g/mol. The number of hydrogen-bond acceptors (Lipinski definition) is 6. The minimum absolute atomic E-state index is 0.277. The van der Waals surface area contributed by atoms with Crippen molar-refractivity contribution in [1.82, 2.24) is 4.31 Å². The highest BCUT2D eigenvalue weighted by Gasteiger charge is 2.34. The van der Waals surface area contributed by atoms with Crippen LogP contribution in [0.3, 0.4) is 0 Å². The van der Waals surface area contributed by atoms with E-state index in [1.165, 1.54) is 0 Å². The van der Waals surface area contributed by atoms with Crippen molar-refractivity contribution in [3.05, 3.63) is 28.3 Å². The van der Waals surface area contributed by atoms with Crippen molar-refractivity contribution in [3.8, 4) is 0 Å². The minimum atomic E-state index is -4.58. The fourth-order valence-corrected chi connectivity index (χ4v) is 3.25. The summed E-state index contributed by atoms with van der Waals surface area (Å²) in [5.74, 6) is 0. The quantitative estimate of drug-likeness (QED) is 0.425. The van der Waals surface area contributed by atoms with Crippen molar-refractivity contribution < 1.29 is 27.2 Å². The number of nitrogens with zero attached hydrogens (tertiary/aromatic N) is 2. The molecular weight excluding hydrogens is 312 g/mol. The molecule has 1 rings (SSSR count). The number of nitro groups is 1. The summed E-state index contributed by atoms with van der Waals surface area (Å²) in [4.78, 5) is 9.15. The third-order valence-corrected chi connectivity index (χ3v) is 4.42. The molecule has 11 heteroatoms. The van der Waals surface area contributed by atoms with E-state index in [1.54, 1.807) is 0 Å². The predicted octanol–water partition coefficient (Wildman–Crippen LogP) is 0.425. The van der Waals surface area contributed by atoms with Gasteiger partial charge in [-0.15, -0.1) is 0 Å². The molecule has 0 aromatic heterocycles. The molecule has 0 atom stereocenters. The van der Waals surface area contributed by atoms with E-state index in [-0.39, 0.29) is 4.31 Å². The number of benzene rings is 1. The third kappa shape index (κ3) is 3.83. The van der Waals surface area contributed by atoms with Crippen LogP contribution in [0.4, 0.5) is 20.2 Å². The summed E-state index contributed by atoms with van der Waals surface area (Å²) in [5.41, 5.74) is 4.09. The van der Waals surface area contributed by atoms with Gasteiger partial charge in [-0.05, 0) is 12.1 Å². The van der Waals surface area contributed by atoms with Gasteiger partial charge in [0.2, 0.25) is 10.0 Å². The van der Waals surface area contributed by atoms with Gasteiger partial charge in [0.15, 0.2) is 4.90 Å². The molecule has 0 heterocycles. The van der Waals surface area contributed by atoms with Crippen LogP contribution in [0.25, 0.3) is 0 Å². The predicted molar refractivity (Wildman–Crippen MR) is 69.4 cm³/mol. The molecule has 1 aromatic carbocycles. The van der Waals surface area contributed by atoms with Crippen molar-refractivity contribution >= 4 is 21.4 Å². The summed E-state index contributed by atoms with van der Waals surface area (Å²) in [5, 5.41) is 19.7. The van der Waals surface area contributed by atoms with E-state index in [0.29, 0.717) is 0 Å². The Morgan fingerprint density at radius 2 is 2.05 bits per heavy atom. The summed E-state index contributed by atoms with van der Waals surface area (Å²) < 4.78 is 49.7. The summed E-state index contributed by atoms with van der Waals surface area (Å²) >= 11 is 0. The molecule has 0 fully saturated rings. The molecule has 21 heavy (non-hydrogen) atoms. The fraction of sp³-hybridized carbons (Fsp3) is 0.400. The Balaban J connectivity index is 3.41. The average Bonchev–Trinajstić information content (AvgIpc) is 2.36. The SMILES string of the molecule is Nc1cccc(S(=O)(=O)N(CCO)CC(F)F)c1[N+](=O)[O-]. The van der Waals surface area contributed by atoms with Gasteiger partial charge in [-0.3, -0.25) is 10.1 Å². The Bertz CT molecular complexity index is 623. The second-order valence-corrected chi connectivity index (χ2v) is 5.84. The second-order valence-electron chi connectivity index (χ2n) is 3.93. The van der Waals surface area contributed by atoms with Crippen LogP contribution in [0.1, 0.15) is 0 Å². The number of sulfonamides is 1. The largest absolute Gasteiger partial charge is 0.395 e. The topological polar surface area (TPSA) is 127 Å². The van der Waals surface area contributed by atoms with Crippen LogP contribution in [0.15, 0.2) is 23.1 Å². The van der Waals surface area contributed by atoms with Gasteiger partial charge >= 0.3 is 5.69 Å². The highest BCUT2D eigenvalue weighted by Crippen LogP contribution is 2.31. The fourth-order valence-electron chi connectivity index (χ4n) is 1.66. The van der Waals surface area contributed by atoms with Crippen molar-refractivity contribution in [2.75, 3.05) is 25.4 Å². The van der Waals surface area contributed by atoms with Crippen molar-refractivity contribution in [2.24, 2.45) is 0 Å². The molecule has 0 unspecified atom stereocenters. The molecule has 1 aromatic rings. The summed E-state index contributed by atoms with van der Waals surface area (Å²) in [6, 6.07) is 3.19. The van der Waals surface area contributed by atoms with Crippen LogP contribution in [-0.4, -0.2) is 48.9 Å². The molecule has 0 aliphatic rings. The lowest BCUT2D eigenvalue weighted by Crippen LogP contribution is -2.37. The molecule has 0 radical (unpaired) electrons. The van der Waals surface area contributed by atoms with E-state index >= 15 is 0 Å². The highest BCUT2D eigenvalue weighted by molar-refractivity contribution is 7.89. The lowest BCUT2D eigenvalue weighted by Gasteiger charge is -2.20. The van der Waals surface area contributed by atoms with Gasteiger partial charge in [-0.2, -0.15) is 4.31 Å². The molecule has 118 valence electrons. The number of aliphatic hydroxyl groups is 1. The molecule has 0 saturated carbocycles. The van der Waals surface area contributed by atoms with Crippen molar-refractivity contribution in [3.63, 3.8) is 0 Å². The first kappa shape index (κ1) is 17.2. The van der Waals surface area contributed by atoms with E-state index in [2.05, 4.69) is 0 Å². The van der Waals surface area contributed by atoms with Crippen LogP contribution in [0.5, 0.6) is 0 Å². The van der Waals surface area contributed by atoms with Crippen LogP contribution in [0.2, 0.25) is 0 Å². The summed E-state index contributed by atoms with van der Waals surface area (Å²) in [6.07, 6.45) is -2.99. The van der Waals surface area contributed by atoms with Crippen LogP contribution in [0, 0.1) is 10.1 Å². The smallest absolute Gasteiger partial charge is 0.312 e. The number of hydrogen-bond donors (Lipinski definition) is 2. The van der Waals surface area contributed by atoms with Crippen LogP contribution < -0.4 is 5.73 Å². The number of rotatable bonds is 7. The minimum Gasteiger partial charge on any atom is -0.395 e. The standard InChI is InChI=1S/C10H13F2N3O5S/c11-9(12)6-14(4-5-16)21(19,20)8-3-1-2-7(13)10(8)15(17)18/h1-3,9,16H,4-6,13H2. The van der Waals surface area contributed by atoms with E-state index in [0.717, 1.165) is 18.2 Å². The first-order valence-corrected chi connectivity index (χ1v) is 7.07. The Labute approximate surface area is 119 Å². The van der Waals surface area contributed by atoms with E-state index in [9.17, 15) is 27.3 Å². The number of nitro benzene ring substituents is 1. The first-order chi connectivity index (χ1) is 9.71. The normalized spacial score (nSPS) is 12.0. The lowest BCUT2D eigenvalue weighted by atomic mass is 10.3. The molecule has 0 spiro atoms. The maximum absolute atomic E-state index is 12.4. The van der Waals surface area contributed by atoms with Gasteiger partial charge in [-0.25, -0.2) is 17.2 Å². The number of anilines is 1. The molecule has 0 bridgehead atoms. The van der Waals surface area contributed by atoms with Crippen LogP contribution >= 0.6 is 0 Å². The molecule has 8 nitrogen and oxygen atoms in total. The van der Waals surface area contributed by atoms with E-state index in [4.69, 9.17) is 10.8 Å². The van der Waals surface area contributed by atoms with Gasteiger partial charge in [-0.1, -0.05) is 6.07 Å². The summed E-state index contributed by atoms with van der Waals surface area (Å²) in [6.45, 7) is -2.50. The molecular formula is C10H13F2N3O5S. The lowest BCUT2D eigenvalue weighted by molar-refractivity contribution is -0.386. The molecule has 0 aliphatic heterocycles. The molecule has 0 amide bonds. The van der Waals surface area contributed by atoms with Crippen molar-refractivity contribution in [2.45, 2.75) is 11.3 Å². The van der Waals surface area contributed by atoms with Crippen molar-refractivity contribution in [1.29, 1.82) is 0 Å². The maximum atomic E-state index is 12.4. The zero-order valence-electron chi connectivity index (χ0n) is 10.6. The van der Waals surface area contributed by atoms with Gasteiger partial charge in [0.25, 0.3) is 6.43 Å². The van der Waals surface area contributed by atoms with Gasteiger partial charge in [0.05, 0.1) is 18.1 Å². The van der Waals surface area contributed by atoms with E-state index in [1.807, 2.05) is 0 Å². The zero-order chi connectivity index (χ0) is 16.2. The second kappa shape index (κ2) is 6.74. The molecule has 3 N–H and O–H groups in total. The molecule has 0 saturated heterocycles. The number of nitrogen functional groups attached to an aromatic ring is 1. The zero-order valence-corrected chi connectivity index (χ0v) is 11.5. The number of para-hydroxylation sites is 1. The van der Waals surface area contributed by atoms with Crippen LogP contribution in [-0.2, 0) is 10.0 Å². The number of alkyl halides is 2. The van der Waals surface area contributed by atoms with Gasteiger partial charge in [0, 0.05) is 6.54 Å². The van der Waals surface area contributed by atoms with E-state index < -0.39 is 57.3 Å². The Morgan fingerprint density at radius 1 is 1.43 bits per heavy atom. The first-order valence-electron chi connectivity index (χ1n) is 5.63. The Kier molecular flexibility index (Phi) is 5.52. The van der Waals surface area contributed by atoms with Gasteiger partial charge in [0.1, 0.15) is 5.69 Å².